The molecule has 1 aromatic carbocycles. The van der Waals surface area contributed by atoms with E-state index in [9.17, 15) is 4.79 Å². The van der Waals surface area contributed by atoms with Gasteiger partial charge in [-0.25, -0.2) is 0 Å². The zero-order chi connectivity index (χ0) is 11.3. The lowest BCUT2D eigenvalue weighted by atomic mass is 10.1. The number of hydrogen-bond acceptors (Lipinski definition) is 1. The Morgan fingerprint density at radius 1 is 1.40 bits per heavy atom. The number of alkyl halides is 1. The highest BCUT2D eigenvalue weighted by Crippen LogP contribution is 2.16. The second-order valence-electron chi connectivity index (χ2n) is 3.66. The van der Waals surface area contributed by atoms with E-state index in [1.807, 2.05) is 26.0 Å². The fourth-order valence-corrected chi connectivity index (χ4v) is 1.53. The van der Waals surface area contributed by atoms with Crippen molar-refractivity contribution in [2.75, 3.05) is 11.2 Å². The van der Waals surface area contributed by atoms with Gasteiger partial charge in [0.2, 0.25) is 5.91 Å². The SMILES string of the molecule is Cc1ccc(NC(=O)CCCCl)c(C)c1. The first-order chi connectivity index (χ1) is 7.13. The molecule has 1 N–H and O–H groups in total. The van der Waals surface area contributed by atoms with Gasteiger partial charge in [0.25, 0.3) is 0 Å². The minimum atomic E-state index is 0.0302. The first-order valence-electron chi connectivity index (χ1n) is 5.06. The third-order valence-corrected chi connectivity index (χ3v) is 2.46. The highest BCUT2D eigenvalue weighted by molar-refractivity contribution is 6.18. The lowest BCUT2D eigenvalue weighted by Gasteiger charge is -2.08. The van der Waals surface area contributed by atoms with Gasteiger partial charge in [-0.2, -0.15) is 0 Å². The molecular weight excluding hydrogens is 210 g/mol. The average Bonchev–Trinajstić information content (AvgIpc) is 2.19. The van der Waals surface area contributed by atoms with E-state index in [-0.39, 0.29) is 5.91 Å². The maximum Gasteiger partial charge on any atom is 0.224 e. The number of aryl methyl sites for hydroxylation is 2. The summed E-state index contributed by atoms with van der Waals surface area (Å²) in [4.78, 5) is 11.4. The van der Waals surface area contributed by atoms with Crippen molar-refractivity contribution in [3.05, 3.63) is 29.3 Å². The second kappa shape index (κ2) is 5.76. The molecule has 1 aromatic rings. The molecule has 0 aromatic heterocycles. The lowest BCUT2D eigenvalue weighted by molar-refractivity contribution is -0.116. The van der Waals surface area contributed by atoms with Crippen LogP contribution in [0, 0.1) is 13.8 Å². The van der Waals surface area contributed by atoms with Gasteiger partial charge in [-0.15, -0.1) is 11.6 Å². The summed E-state index contributed by atoms with van der Waals surface area (Å²) in [6.07, 6.45) is 1.20. The molecule has 0 atom stereocenters. The van der Waals surface area contributed by atoms with Gasteiger partial charge in [-0.3, -0.25) is 4.79 Å². The molecule has 3 heteroatoms. The first-order valence-corrected chi connectivity index (χ1v) is 5.60. The average molecular weight is 226 g/mol. The van der Waals surface area contributed by atoms with Crippen molar-refractivity contribution >= 4 is 23.2 Å². The Morgan fingerprint density at radius 2 is 2.13 bits per heavy atom. The molecule has 1 amide bonds. The molecule has 0 aliphatic carbocycles. The van der Waals surface area contributed by atoms with Crippen LogP contribution in [0.4, 0.5) is 5.69 Å². The van der Waals surface area contributed by atoms with E-state index in [0.717, 1.165) is 17.7 Å². The third kappa shape index (κ3) is 3.92. The molecule has 0 saturated heterocycles. The van der Waals surface area contributed by atoms with Gasteiger partial charge < -0.3 is 5.32 Å². The number of amides is 1. The minimum absolute atomic E-state index is 0.0302. The molecule has 0 aliphatic heterocycles. The van der Waals surface area contributed by atoms with E-state index in [2.05, 4.69) is 11.4 Å². The summed E-state index contributed by atoms with van der Waals surface area (Å²) in [5, 5.41) is 2.87. The first kappa shape index (κ1) is 12.1. The van der Waals surface area contributed by atoms with Crippen LogP contribution >= 0.6 is 11.6 Å². The Bertz CT molecular complexity index is 349. The number of hydrogen-bond donors (Lipinski definition) is 1. The Balaban J connectivity index is 2.60. The van der Waals surface area contributed by atoms with Gasteiger partial charge in [-0.1, -0.05) is 17.7 Å². The fraction of sp³-hybridized carbons (Fsp3) is 0.417. The molecule has 0 unspecified atom stereocenters. The molecule has 0 aliphatic rings. The molecule has 0 heterocycles. The van der Waals surface area contributed by atoms with Gasteiger partial charge in [0.05, 0.1) is 0 Å². The molecule has 0 fully saturated rings. The monoisotopic (exact) mass is 225 g/mol. The zero-order valence-electron chi connectivity index (χ0n) is 9.14. The van der Waals surface area contributed by atoms with Gasteiger partial charge >= 0.3 is 0 Å². The molecule has 0 bridgehead atoms. The summed E-state index contributed by atoms with van der Waals surface area (Å²) in [5.74, 6) is 0.558. The zero-order valence-corrected chi connectivity index (χ0v) is 9.90. The van der Waals surface area contributed by atoms with Crippen molar-refractivity contribution in [3.63, 3.8) is 0 Å². The Kier molecular flexibility index (Phi) is 4.63. The molecule has 0 spiro atoms. The molecule has 1 rings (SSSR count). The van der Waals surface area contributed by atoms with Crippen molar-refractivity contribution < 1.29 is 4.79 Å². The van der Waals surface area contributed by atoms with E-state index in [1.54, 1.807) is 0 Å². The van der Waals surface area contributed by atoms with Crippen LogP contribution in [-0.2, 0) is 4.79 Å². The number of benzene rings is 1. The highest BCUT2D eigenvalue weighted by atomic mass is 35.5. The van der Waals surface area contributed by atoms with Crippen molar-refractivity contribution in [2.45, 2.75) is 26.7 Å². The fourth-order valence-electron chi connectivity index (χ4n) is 1.39. The predicted molar refractivity (Wildman–Crippen MR) is 64.5 cm³/mol. The van der Waals surface area contributed by atoms with Crippen molar-refractivity contribution in [1.29, 1.82) is 0 Å². The van der Waals surface area contributed by atoms with E-state index < -0.39 is 0 Å². The van der Waals surface area contributed by atoms with Crippen LogP contribution in [0.5, 0.6) is 0 Å². The molecular formula is C12H16ClNO. The number of carbonyl (C=O) groups is 1. The standard InChI is InChI=1S/C12H16ClNO/c1-9-5-6-11(10(2)8-9)14-12(15)4-3-7-13/h5-6,8H,3-4,7H2,1-2H3,(H,14,15). The van der Waals surface area contributed by atoms with Crippen molar-refractivity contribution in [3.8, 4) is 0 Å². The largest absolute Gasteiger partial charge is 0.326 e. The summed E-state index contributed by atoms with van der Waals surface area (Å²) in [6, 6.07) is 5.98. The van der Waals surface area contributed by atoms with E-state index in [4.69, 9.17) is 11.6 Å². The smallest absolute Gasteiger partial charge is 0.224 e. The number of anilines is 1. The lowest BCUT2D eigenvalue weighted by Crippen LogP contribution is -2.12. The Morgan fingerprint density at radius 3 is 2.73 bits per heavy atom. The number of carbonyl (C=O) groups excluding carboxylic acids is 1. The second-order valence-corrected chi connectivity index (χ2v) is 4.04. The van der Waals surface area contributed by atoms with Gasteiger partial charge in [0.1, 0.15) is 0 Å². The normalized spacial score (nSPS) is 10.1. The van der Waals surface area contributed by atoms with Crippen LogP contribution in [0.1, 0.15) is 24.0 Å². The molecule has 15 heavy (non-hydrogen) atoms. The quantitative estimate of drug-likeness (QED) is 0.783. The molecule has 2 nitrogen and oxygen atoms in total. The van der Waals surface area contributed by atoms with Crippen LogP contribution in [-0.4, -0.2) is 11.8 Å². The summed E-state index contributed by atoms with van der Waals surface area (Å²) in [7, 11) is 0. The minimum Gasteiger partial charge on any atom is -0.326 e. The van der Waals surface area contributed by atoms with Crippen LogP contribution in [0.15, 0.2) is 18.2 Å². The predicted octanol–water partition coefficient (Wildman–Crippen LogP) is 3.26. The van der Waals surface area contributed by atoms with Gasteiger partial charge in [0, 0.05) is 18.0 Å². The van der Waals surface area contributed by atoms with Crippen LogP contribution in [0.3, 0.4) is 0 Å². The van der Waals surface area contributed by atoms with E-state index in [1.165, 1.54) is 5.56 Å². The third-order valence-electron chi connectivity index (χ3n) is 2.19. The Hall–Kier alpha value is -1.02. The van der Waals surface area contributed by atoms with Crippen molar-refractivity contribution in [1.82, 2.24) is 0 Å². The maximum absolute atomic E-state index is 11.4. The topological polar surface area (TPSA) is 29.1 Å². The van der Waals surface area contributed by atoms with Crippen molar-refractivity contribution in [2.24, 2.45) is 0 Å². The number of nitrogens with one attached hydrogen (secondary N) is 1. The summed E-state index contributed by atoms with van der Waals surface area (Å²) < 4.78 is 0. The molecule has 82 valence electrons. The summed E-state index contributed by atoms with van der Waals surface area (Å²) >= 11 is 5.52. The number of rotatable bonds is 4. The summed E-state index contributed by atoms with van der Waals surface area (Å²) in [6.45, 7) is 4.02. The summed E-state index contributed by atoms with van der Waals surface area (Å²) in [5.41, 5.74) is 3.18. The van der Waals surface area contributed by atoms with E-state index in [0.29, 0.717) is 12.3 Å². The maximum atomic E-state index is 11.4. The number of halogens is 1. The Labute approximate surface area is 95.6 Å². The molecule has 0 radical (unpaired) electrons. The molecule has 0 saturated carbocycles. The van der Waals surface area contributed by atoms with Crippen LogP contribution in [0.25, 0.3) is 0 Å². The van der Waals surface area contributed by atoms with Gasteiger partial charge in [0.15, 0.2) is 0 Å². The van der Waals surface area contributed by atoms with Crippen LogP contribution < -0.4 is 5.32 Å². The van der Waals surface area contributed by atoms with Gasteiger partial charge in [-0.05, 0) is 31.9 Å². The highest BCUT2D eigenvalue weighted by Gasteiger charge is 2.03. The van der Waals surface area contributed by atoms with E-state index >= 15 is 0 Å². The van der Waals surface area contributed by atoms with Crippen LogP contribution in [0.2, 0.25) is 0 Å².